The van der Waals surface area contributed by atoms with E-state index in [0.29, 0.717) is 30.2 Å². The van der Waals surface area contributed by atoms with E-state index in [2.05, 4.69) is 14.9 Å². The van der Waals surface area contributed by atoms with E-state index in [0.717, 1.165) is 5.56 Å². The Balaban J connectivity index is 1.62. The van der Waals surface area contributed by atoms with E-state index in [4.69, 9.17) is 4.74 Å². The third-order valence-electron chi connectivity index (χ3n) is 5.11. The fourth-order valence-electron chi connectivity index (χ4n) is 3.35. The first-order valence-corrected chi connectivity index (χ1v) is 12.1. The second-order valence-corrected chi connectivity index (χ2v) is 9.37. The van der Waals surface area contributed by atoms with Gasteiger partial charge in [0.2, 0.25) is 0 Å². The van der Waals surface area contributed by atoms with Gasteiger partial charge in [0.05, 0.1) is 17.5 Å². The van der Waals surface area contributed by atoms with Gasteiger partial charge in [-0.2, -0.15) is 0 Å². The number of amides is 1. The predicted octanol–water partition coefficient (Wildman–Crippen LogP) is 3.92. The van der Waals surface area contributed by atoms with Crippen molar-refractivity contribution < 1.29 is 17.9 Å². The van der Waals surface area contributed by atoms with Crippen LogP contribution in [0, 0.1) is 0 Å². The summed E-state index contributed by atoms with van der Waals surface area (Å²) in [6.45, 7) is 2.81. The van der Waals surface area contributed by atoms with Crippen LogP contribution in [0.3, 0.4) is 0 Å². The summed E-state index contributed by atoms with van der Waals surface area (Å²) < 4.78 is 33.1. The minimum Gasteiger partial charge on any atom is -0.494 e. The number of hydrogen-bond donors (Lipinski definition) is 2. The molecule has 0 aliphatic heterocycles. The lowest BCUT2D eigenvalue weighted by molar-refractivity contribution is 0.0942. The fourth-order valence-corrected chi connectivity index (χ4v) is 4.41. The van der Waals surface area contributed by atoms with Crippen molar-refractivity contribution in [1.82, 2.24) is 10.2 Å². The molecule has 3 rings (SSSR count). The minimum atomic E-state index is -3.75. The molecule has 33 heavy (non-hydrogen) atoms. The zero-order chi connectivity index (χ0) is 23.8. The van der Waals surface area contributed by atoms with E-state index in [1.807, 2.05) is 51.4 Å². The lowest BCUT2D eigenvalue weighted by atomic mass is 10.1. The van der Waals surface area contributed by atoms with Crippen LogP contribution in [0.5, 0.6) is 5.75 Å². The molecule has 3 aromatic rings. The first-order valence-electron chi connectivity index (χ1n) is 10.7. The molecule has 0 aromatic heterocycles. The Hall–Kier alpha value is -3.36. The topological polar surface area (TPSA) is 87.7 Å². The molecule has 0 spiro atoms. The van der Waals surface area contributed by atoms with Crippen LogP contribution in [0.1, 0.15) is 28.9 Å². The molecule has 7 nitrogen and oxygen atoms in total. The van der Waals surface area contributed by atoms with E-state index >= 15 is 0 Å². The molecule has 0 radical (unpaired) electrons. The second kappa shape index (κ2) is 11.0. The van der Waals surface area contributed by atoms with Crippen LogP contribution < -0.4 is 14.8 Å². The van der Waals surface area contributed by atoms with Crippen LogP contribution in [0.2, 0.25) is 0 Å². The number of nitrogens with zero attached hydrogens (tertiary/aromatic N) is 1. The first kappa shape index (κ1) is 24.3. The van der Waals surface area contributed by atoms with Crippen molar-refractivity contribution in [1.29, 1.82) is 0 Å². The monoisotopic (exact) mass is 467 g/mol. The average molecular weight is 468 g/mol. The van der Waals surface area contributed by atoms with Gasteiger partial charge < -0.3 is 15.0 Å². The molecule has 0 heterocycles. The highest BCUT2D eigenvalue weighted by molar-refractivity contribution is 7.92. The number of sulfonamides is 1. The number of likely N-dealkylation sites (N-methyl/N-ethyl adjacent to an activating group) is 1. The number of ether oxygens (including phenoxy) is 1. The van der Waals surface area contributed by atoms with Crippen LogP contribution in [0.15, 0.2) is 83.8 Å². The number of hydrogen-bond acceptors (Lipinski definition) is 5. The lowest BCUT2D eigenvalue weighted by Gasteiger charge is -2.25. The maximum Gasteiger partial charge on any atom is 0.261 e. The SMILES string of the molecule is CCOc1ccc(S(=O)(=O)Nc2ccc(C(=O)NC[C@@H](c3ccccc3)N(C)C)cc2)cc1. The van der Waals surface area contributed by atoms with Gasteiger partial charge in [0, 0.05) is 17.8 Å². The zero-order valence-electron chi connectivity index (χ0n) is 19.0. The Kier molecular flexibility index (Phi) is 8.08. The molecule has 0 saturated heterocycles. The second-order valence-electron chi connectivity index (χ2n) is 7.69. The number of nitrogens with one attached hydrogen (secondary N) is 2. The van der Waals surface area contributed by atoms with Crippen LogP contribution in [0.4, 0.5) is 5.69 Å². The highest BCUT2D eigenvalue weighted by atomic mass is 32.2. The van der Waals surface area contributed by atoms with E-state index in [9.17, 15) is 13.2 Å². The normalized spacial score (nSPS) is 12.2. The third kappa shape index (κ3) is 6.57. The summed E-state index contributed by atoms with van der Waals surface area (Å²) in [4.78, 5) is 14.8. The first-order chi connectivity index (χ1) is 15.8. The van der Waals surface area contributed by atoms with Gasteiger partial charge in [-0.25, -0.2) is 8.42 Å². The summed E-state index contributed by atoms with van der Waals surface area (Å²) >= 11 is 0. The molecule has 0 aliphatic carbocycles. The maximum atomic E-state index is 12.6. The molecule has 0 fully saturated rings. The number of carbonyl (C=O) groups excluding carboxylic acids is 1. The van der Waals surface area contributed by atoms with Crippen molar-refractivity contribution in [3.05, 3.63) is 90.0 Å². The largest absolute Gasteiger partial charge is 0.494 e. The van der Waals surface area contributed by atoms with Crippen molar-refractivity contribution in [3.8, 4) is 5.75 Å². The summed E-state index contributed by atoms with van der Waals surface area (Å²) in [5.74, 6) is 0.384. The molecule has 0 aliphatic rings. The van der Waals surface area contributed by atoms with Gasteiger partial charge in [-0.15, -0.1) is 0 Å². The highest BCUT2D eigenvalue weighted by Gasteiger charge is 2.17. The Labute approximate surface area is 195 Å². The Bertz CT molecular complexity index is 1150. The summed E-state index contributed by atoms with van der Waals surface area (Å²) in [7, 11) is 0.183. The molecule has 2 N–H and O–H groups in total. The van der Waals surface area contributed by atoms with Gasteiger partial charge in [-0.05, 0) is 75.1 Å². The van der Waals surface area contributed by atoms with E-state index in [1.54, 1.807) is 36.4 Å². The van der Waals surface area contributed by atoms with Crippen LogP contribution in [-0.4, -0.2) is 46.5 Å². The third-order valence-corrected chi connectivity index (χ3v) is 6.51. The molecular weight excluding hydrogens is 438 g/mol. The van der Waals surface area contributed by atoms with Crippen molar-refractivity contribution in [2.75, 3.05) is 32.0 Å². The molecule has 1 atom stereocenters. The molecular formula is C25H29N3O4S. The van der Waals surface area contributed by atoms with Crippen molar-refractivity contribution in [3.63, 3.8) is 0 Å². The van der Waals surface area contributed by atoms with E-state index < -0.39 is 10.0 Å². The lowest BCUT2D eigenvalue weighted by Crippen LogP contribution is -2.34. The van der Waals surface area contributed by atoms with E-state index in [-0.39, 0.29) is 16.8 Å². The van der Waals surface area contributed by atoms with Gasteiger partial charge in [-0.1, -0.05) is 30.3 Å². The van der Waals surface area contributed by atoms with Crippen molar-refractivity contribution in [2.45, 2.75) is 17.9 Å². The molecule has 0 unspecified atom stereocenters. The van der Waals surface area contributed by atoms with E-state index in [1.165, 1.54) is 12.1 Å². The van der Waals surface area contributed by atoms with Crippen molar-refractivity contribution >= 4 is 21.6 Å². The number of carbonyl (C=O) groups is 1. The summed E-state index contributed by atoms with van der Waals surface area (Å²) in [6.07, 6.45) is 0. The molecule has 3 aromatic carbocycles. The number of anilines is 1. The van der Waals surface area contributed by atoms with Gasteiger partial charge >= 0.3 is 0 Å². The molecule has 0 bridgehead atoms. The summed E-state index contributed by atoms with van der Waals surface area (Å²) in [5.41, 5.74) is 1.93. The average Bonchev–Trinajstić information content (AvgIpc) is 2.80. The van der Waals surface area contributed by atoms with Crippen LogP contribution in [-0.2, 0) is 10.0 Å². The zero-order valence-corrected chi connectivity index (χ0v) is 19.8. The molecule has 8 heteroatoms. The molecule has 0 saturated carbocycles. The molecule has 174 valence electrons. The van der Waals surface area contributed by atoms with Crippen LogP contribution >= 0.6 is 0 Å². The quantitative estimate of drug-likeness (QED) is 0.472. The van der Waals surface area contributed by atoms with Crippen molar-refractivity contribution in [2.24, 2.45) is 0 Å². The smallest absolute Gasteiger partial charge is 0.261 e. The Morgan fingerprint density at radius 2 is 1.58 bits per heavy atom. The Morgan fingerprint density at radius 1 is 0.939 bits per heavy atom. The van der Waals surface area contributed by atoms with Crippen LogP contribution in [0.25, 0.3) is 0 Å². The van der Waals surface area contributed by atoms with Gasteiger partial charge in [-0.3, -0.25) is 9.52 Å². The number of benzene rings is 3. The highest BCUT2D eigenvalue weighted by Crippen LogP contribution is 2.20. The predicted molar refractivity (Wildman–Crippen MR) is 130 cm³/mol. The summed E-state index contributed by atoms with van der Waals surface area (Å²) in [5, 5.41) is 2.96. The Morgan fingerprint density at radius 3 is 2.15 bits per heavy atom. The van der Waals surface area contributed by atoms with Gasteiger partial charge in [0.1, 0.15) is 5.75 Å². The standard InChI is InChI=1S/C25H29N3O4S/c1-4-32-22-14-16-23(17-15-22)33(30,31)27-21-12-10-20(11-13-21)25(29)26-18-24(28(2)3)19-8-6-5-7-9-19/h5-17,24,27H,4,18H2,1-3H3,(H,26,29)/t24-/m0/s1. The van der Waals surface area contributed by atoms with Gasteiger partial charge in [0.25, 0.3) is 15.9 Å². The maximum absolute atomic E-state index is 12.6. The minimum absolute atomic E-state index is 0.0374. The number of rotatable bonds is 10. The summed E-state index contributed by atoms with van der Waals surface area (Å²) in [6, 6.07) is 22.5. The van der Waals surface area contributed by atoms with Gasteiger partial charge in [0.15, 0.2) is 0 Å². The molecule has 1 amide bonds. The fraction of sp³-hybridized carbons (Fsp3) is 0.240.